The fourth-order valence-corrected chi connectivity index (χ4v) is 3.27. The number of benzene rings is 1. The van der Waals surface area contributed by atoms with Gasteiger partial charge in [-0.3, -0.25) is 0 Å². The lowest BCUT2D eigenvalue weighted by Gasteiger charge is -2.28. The second-order valence-electron chi connectivity index (χ2n) is 5.36. The highest BCUT2D eigenvalue weighted by Gasteiger charge is 2.21. The first kappa shape index (κ1) is 15.0. The van der Waals surface area contributed by atoms with E-state index < -0.39 is 0 Å². The predicted molar refractivity (Wildman–Crippen MR) is 83.5 cm³/mol. The van der Waals surface area contributed by atoms with Crippen molar-refractivity contribution in [1.29, 1.82) is 0 Å². The molecular formula is C16H24BrNO. The van der Waals surface area contributed by atoms with Gasteiger partial charge in [0.25, 0.3) is 0 Å². The molecule has 1 heterocycles. The lowest BCUT2D eigenvalue weighted by atomic mass is 9.88. The van der Waals surface area contributed by atoms with E-state index in [1.54, 1.807) is 0 Å². The Bertz CT molecular complexity index is 402. The van der Waals surface area contributed by atoms with Crippen LogP contribution in [0.15, 0.2) is 22.7 Å². The lowest BCUT2D eigenvalue weighted by Crippen LogP contribution is -2.26. The molecule has 1 atom stereocenters. The largest absolute Gasteiger partial charge is 0.381 e. The molecule has 0 spiro atoms. The Labute approximate surface area is 125 Å². The van der Waals surface area contributed by atoms with E-state index in [0.29, 0.717) is 6.04 Å². The summed E-state index contributed by atoms with van der Waals surface area (Å²) in [6.07, 6.45) is 3.62. The highest BCUT2D eigenvalue weighted by atomic mass is 79.9. The molecule has 0 radical (unpaired) electrons. The molecule has 1 aromatic carbocycles. The van der Waals surface area contributed by atoms with Crippen molar-refractivity contribution in [3.8, 4) is 0 Å². The molecular weight excluding hydrogens is 302 g/mol. The molecule has 0 saturated carbocycles. The minimum absolute atomic E-state index is 0.464. The van der Waals surface area contributed by atoms with Gasteiger partial charge in [-0.15, -0.1) is 0 Å². The van der Waals surface area contributed by atoms with Crippen LogP contribution in [-0.4, -0.2) is 19.8 Å². The Morgan fingerprint density at radius 3 is 2.79 bits per heavy atom. The van der Waals surface area contributed by atoms with Gasteiger partial charge < -0.3 is 10.1 Å². The van der Waals surface area contributed by atoms with E-state index in [0.717, 1.165) is 25.7 Å². The third-order valence-corrected chi connectivity index (χ3v) is 4.90. The standard InChI is InChI=1S/C16H24BrNO/c1-3-18-16(11-13-7-9-19-10-8-13)14-5-4-6-15(17)12(14)2/h4-6,13,16,18H,3,7-11H2,1-2H3. The molecule has 0 bridgehead atoms. The summed E-state index contributed by atoms with van der Waals surface area (Å²) in [7, 11) is 0. The van der Waals surface area contributed by atoms with Crippen LogP contribution in [0.25, 0.3) is 0 Å². The zero-order valence-corrected chi connectivity index (χ0v) is 13.5. The lowest BCUT2D eigenvalue weighted by molar-refractivity contribution is 0.0605. The van der Waals surface area contributed by atoms with Crippen LogP contribution in [0.2, 0.25) is 0 Å². The van der Waals surface area contributed by atoms with Gasteiger partial charge in [0.15, 0.2) is 0 Å². The third kappa shape index (κ3) is 4.04. The zero-order chi connectivity index (χ0) is 13.7. The van der Waals surface area contributed by atoms with Crippen molar-refractivity contribution in [2.45, 2.75) is 39.2 Å². The fraction of sp³-hybridized carbons (Fsp3) is 0.625. The van der Waals surface area contributed by atoms with Crippen LogP contribution in [0.5, 0.6) is 0 Å². The number of hydrogen-bond acceptors (Lipinski definition) is 2. The molecule has 1 aliphatic heterocycles. The summed E-state index contributed by atoms with van der Waals surface area (Å²) in [5, 5.41) is 3.65. The summed E-state index contributed by atoms with van der Waals surface area (Å²) in [4.78, 5) is 0. The Hall–Kier alpha value is -0.380. The van der Waals surface area contributed by atoms with Gasteiger partial charge in [-0.2, -0.15) is 0 Å². The van der Waals surface area contributed by atoms with Gasteiger partial charge in [-0.1, -0.05) is 35.0 Å². The average molecular weight is 326 g/mol. The maximum absolute atomic E-state index is 5.46. The fourth-order valence-electron chi connectivity index (χ4n) is 2.88. The maximum atomic E-state index is 5.46. The summed E-state index contributed by atoms with van der Waals surface area (Å²) in [5.41, 5.74) is 2.79. The first-order chi connectivity index (χ1) is 9.22. The minimum atomic E-state index is 0.464. The molecule has 2 rings (SSSR count). The van der Waals surface area contributed by atoms with Gasteiger partial charge in [-0.05, 0) is 55.8 Å². The number of halogens is 1. The van der Waals surface area contributed by atoms with Crippen LogP contribution in [0.4, 0.5) is 0 Å². The van der Waals surface area contributed by atoms with Gasteiger partial charge in [0.2, 0.25) is 0 Å². The summed E-state index contributed by atoms with van der Waals surface area (Å²) < 4.78 is 6.67. The topological polar surface area (TPSA) is 21.3 Å². The van der Waals surface area contributed by atoms with E-state index in [2.05, 4.69) is 53.3 Å². The van der Waals surface area contributed by atoms with E-state index in [9.17, 15) is 0 Å². The SMILES string of the molecule is CCNC(CC1CCOCC1)c1cccc(Br)c1C. The third-order valence-electron chi connectivity index (χ3n) is 4.05. The van der Waals surface area contributed by atoms with Crippen LogP contribution in [-0.2, 0) is 4.74 Å². The molecule has 106 valence electrons. The first-order valence-corrected chi connectivity index (χ1v) is 8.07. The molecule has 0 aromatic heterocycles. The van der Waals surface area contributed by atoms with E-state index in [1.807, 2.05) is 0 Å². The Balaban J connectivity index is 2.11. The zero-order valence-electron chi connectivity index (χ0n) is 11.9. The first-order valence-electron chi connectivity index (χ1n) is 7.28. The van der Waals surface area contributed by atoms with Gasteiger partial charge in [0.05, 0.1) is 0 Å². The molecule has 1 aliphatic rings. The van der Waals surface area contributed by atoms with Gasteiger partial charge in [0.1, 0.15) is 0 Å². The van der Waals surface area contributed by atoms with Crippen molar-refractivity contribution < 1.29 is 4.74 Å². The summed E-state index contributed by atoms with van der Waals surface area (Å²) >= 11 is 3.64. The van der Waals surface area contributed by atoms with Crippen molar-refractivity contribution in [2.75, 3.05) is 19.8 Å². The average Bonchev–Trinajstić information content (AvgIpc) is 2.43. The quantitative estimate of drug-likeness (QED) is 0.874. The molecule has 1 fully saturated rings. The molecule has 0 amide bonds. The van der Waals surface area contributed by atoms with Crippen LogP contribution in [0.1, 0.15) is 43.4 Å². The molecule has 1 saturated heterocycles. The summed E-state index contributed by atoms with van der Waals surface area (Å²) in [6, 6.07) is 6.98. The molecule has 3 heteroatoms. The number of hydrogen-bond donors (Lipinski definition) is 1. The second-order valence-corrected chi connectivity index (χ2v) is 6.21. The van der Waals surface area contributed by atoms with E-state index in [4.69, 9.17) is 4.74 Å². The normalized spacial score (nSPS) is 18.5. The summed E-state index contributed by atoms with van der Waals surface area (Å²) in [5.74, 6) is 0.788. The van der Waals surface area contributed by atoms with Gasteiger partial charge in [-0.25, -0.2) is 0 Å². The molecule has 1 N–H and O–H groups in total. The Morgan fingerprint density at radius 2 is 2.11 bits per heavy atom. The van der Waals surface area contributed by atoms with E-state index in [-0.39, 0.29) is 0 Å². The molecule has 0 aliphatic carbocycles. The van der Waals surface area contributed by atoms with Crippen molar-refractivity contribution in [1.82, 2.24) is 5.32 Å². The van der Waals surface area contributed by atoms with Crippen LogP contribution >= 0.6 is 15.9 Å². The maximum Gasteiger partial charge on any atom is 0.0468 e. The number of nitrogens with one attached hydrogen (secondary N) is 1. The van der Waals surface area contributed by atoms with Crippen LogP contribution in [0.3, 0.4) is 0 Å². The van der Waals surface area contributed by atoms with Crippen LogP contribution in [0, 0.1) is 12.8 Å². The molecule has 19 heavy (non-hydrogen) atoms. The smallest absolute Gasteiger partial charge is 0.0468 e. The second kappa shape index (κ2) is 7.41. The minimum Gasteiger partial charge on any atom is -0.381 e. The van der Waals surface area contributed by atoms with E-state index in [1.165, 1.54) is 34.9 Å². The van der Waals surface area contributed by atoms with E-state index >= 15 is 0 Å². The highest BCUT2D eigenvalue weighted by Crippen LogP contribution is 2.31. The van der Waals surface area contributed by atoms with Gasteiger partial charge in [0, 0.05) is 23.7 Å². The Morgan fingerprint density at radius 1 is 1.37 bits per heavy atom. The van der Waals surface area contributed by atoms with Crippen molar-refractivity contribution in [3.63, 3.8) is 0 Å². The number of ether oxygens (including phenoxy) is 1. The molecule has 2 nitrogen and oxygen atoms in total. The summed E-state index contributed by atoms with van der Waals surface area (Å²) in [6.45, 7) is 7.26. The van der Waals surface area contributed by atoms with Crippen molar-refractivity contribution in [3.05, 3.63) is 33.8 Å². The Kier molecular flexibility index (Phi) is 5.86. The van der Waals surface area contributed by atoms with Crippen molar-refractivity contribution in [2.24, 2.45) is 5.92 Å². The highest BCUT2D eigenvalue weighted by molar-refractivity contribution is 9.10. The molecule has 1 unspecified atom stereocenters. The van der Waals surface area contributed by atoms with Crippen LogP contribution < -0.4 is 5.32 Å². The van der Waals surface area contributed by atoms with Crippen molar-refractivity contribution >= 4 is 15.9 Å². The molecule has 1 aromatic rings. The monoisotopic (exact) mass is 325 g/mol. The predicted octanol–water partition coefficient (Wildman–Crippen LogP) is 4.22. The number of rotatable bonds is 5. The van der Waals surface area contributed by atoms with Gasteiger partial charge >= 0.3 is 0 Å².